The van der Waals surface area contributed by atoms with Crippen molar-refractivity contribution in [3.05, 3.63) is 106 Å². The first kappa shape index (κ1) is 30.4. The monoisotopic (exact) mass is 564 g/mol. The maximum atomic E-state index is 12.9. The Balaban J connectivity index is 1.58. The molecule has 0 bridgehead atoms. The molecular weight excluding hydrogens is 524 g/mol. The zero-order chi connectivity index (χ0) is 30.2. The van der Waals surface area contributed by atoms with E-state index in [0.717, 1.165) is 53.6 Å². The van der Waals surface area contributed by atoms with Gasteiger partial charge in [-0.3, -0.25) is 14.5 Å². The highest BCUT2D eigenvalue weighted by atomic mass is 16.4. The third-order valence-electron chi connectivity index (χ3n) is 7.96. The molecule has 2 unspecified atom stereocenters. The van der Waals surface area contributed by atoms with Crippen LogP contribution in [0.15, 0.2) is 83.5 Å². The highest BCUT2D eigenvalue weighted by Gasteiger charge is 2.24. The molecule has 1 aliphatic rings. The van der Waals surface area contributed by atoms with Gasteiger partial charge < -0.3 is 10.4 Å². The summed E-state index contributed by atoms with van der Waals surface area (Å²) in [6.07, 6.45) is 12.2. The van der Waals surface area contributed by atoms with Gasteiger partial charge in [-0.25, -0.2) is 4.79 Å². The first-order valence-electron chi connectivity index (χ1n) is 14.6. The van der Waals surface area contributed by atoms with Gasteiger partial charge in [0.05, 0.1) is 11.3 Å². The van der Waals surface area contributed by atoms with Crippen molar-refractivity contribution in [2.75, 3.05) is 0 Å². The van der Waals surface area contributed by atoms with Gasteiger partial charge in [0.15, 0.2) is 5.69 Å². The van der Waals surface area contributed by atoms with E-state index in [9.17, 15) is 9.59 Å². The SMILES string of the molecule is C=C/C(=C\N=CCCCC)C1=Cc2cc(-c3cc(C(=O)NCc4ccc(C(=O)O)cc4)nn3C)ccc2C(C)C(C)C1. The van der Waals surface area contributed by atoms with E-state index in [4.69, 9.17) is 5.11 Å². The molecular formula is C35H40N4O3. The lowest BCUT2D eigenvalue weighted by molar-refractivity contribution is 0.0696. The van der Waals surface area contributed by atoms with Crippen LogP contribution in [0.3, 0.4) is 0 Å². The van der Waals surface area contributed by atoms with Gasteiger partial charge in [-0.1, -0.05) is 70.2 Å². The number of nitrogens with one attached hydrogen (secondary N) is 1. The summed E-state index contributed by atoms with van der Waals surface area (Å²) in [5.74, 6) is -0.453. The number of nitrogens with zero attached hydrogens (tertiary/aromatic N) is 3. The number of amides is 1. The van der Waals surface area contributed by atoms with Crippen LogP contribution in [0.1, 0.15) is 89.9 Å². The van der Waals surface area contributed by atoms with Crippen LogP contribution in [0.5, 0.6) is 0 Å². The Labute approximate surface area is 248 Å². The summed E-state index contributed by atoms with van der Waals surface area (Å²) in [6.45, 7) is 11.1. The predicted molar refractivity (Wildman–Crippen MR) is 170 cm³/mol. The van der Waals surface area contributed by atoms with E-state index in [1.54, 1.807) is 22.9 Å². The quantitative estimate of drug-likeness (QED) is 0.143. The number of allylic oxidation sites excluding steroid dienone is 3. The molecule has 0 radical (unpaired) electrons. The molecule has 4 rings (SSSR count). The van der Waals surface area contributed by atoms with Crippen LogP contribution in [-0.2, 0) is 13.6 Å². The van der Waals surface area contributed by atoms with Crippen LogP contribution in [0, 0.1) is 5.92 Å². The minimum absolute atomic E-state index is 0.207. The molecule has 0 fully saturated rings. The Kier molecular flexibility index (Phi) is 10.1. The molecule has 3 aromatic rings. The Bertz CT molecular complexity index is 1540. The molecule has 1 aromatic heterocycles. The second-order valence-corrected chi connectivity index (χ2v) is 11.0. The molecule has 2 N–H and O–H groups in total. The maximum absolute atomic E-state index is 12.9. The summed E-state index contributed by atoms with van der Waals surface area (Å²) in [6, 6.07) is 14.7. The van der Waals surface area contributed by atoms with Crippen molar-refractivity contribution in [3.63, 3.8) is 0 Å². The van der Waals surface area contributed by atoms with E-state index in [0.29, 0.717) is 17.5 Å². The molecule has 7 nitrogen and oxygen atoms in total. The van der Waals surface area contributed by atoms with E-state index in [-0.39, 0.29) is 18.0 Å². The number of hydrogen-bond donors (Lipinski definition) is 2. The largest absolute Gasteiger partial charge is 0.478 e. The first-order chi connectivity index (χ1) is 20.2. The van der Waals surface area contributed by atoms with Gasteiger partial charge in [0.25, 0.3) is 5.91 Å². The summed E-state index contributed by atoms with van der Waals surface area (Å²) in [4.78, 5) is 28.6. The molecule has 1 aliphatic carbocycles. The molecule has 7 heteroatoms. The van der Waals surface area contributed by atoms with Crippen LogP contribution in [0.25, 0.3) is 17.3 Å². The number of carboxylic acids is 1. The third-order valence-corrected chi connectivity index (χ3v) is 7.96. The van der Waals surface area contributed by atoms with Crippen molar-refractivity contribution in [2.45, 2.75) is 58.9 Å². The fourth-order valence-corrected chi connectivity index (χ4v) is 5.21. The Morgan fingerprint density at radius 1 is 1.17 bits per heavy atom. The van der Waals surface area contributed by atoms with Crippen LogP contribution in [0.4, 0.5) is 0 Å². The lowest BCUT2D eigenvalue weighted by atomic mass is 9.84. The summed E-state index contributed by atoms with van der Waals surface area (Å²) < 4.78 is 1.73. The van der Waals surface area contributed by atoms with Crippen molar-refractivity contribution in [1.29, 1.82) is 0 Å². The highest BCUT2D eigenvalue weighted by molar-refractivity contribution is 5.93. The number of benzene rings is 2. The van der Waals surface area contributed by atoms with Gasteiger partial charge in [-0.2, -0.15) is 5.10 Å². The minimum Gasteiger partial charge on any atom is -0.478 e. The smallest absolute Gasteiger partial charge is 0.335 e. The molecule has 2 aromatic carbocycles. The number of unbranched alkanes of at least 4 members (excludes halogenated alkanes) is 2. The Hall–Kier alpha value is -4.52. The number of aliphatic imine (C=N–C) groups is 1. The van der Waals surface area contributed by atoms with Crippen LogP contribution in [0.2, 0.25) is 0 Å². The number of aryl methyl sites for hydroxylation is 1. The van der Waals surface area contributed by atoms with E-state index >= 15 is 0 Å². The predicted octanol–water partition coefficient (Wildman–Crippen LogP) is 7.57. The topological polar surface area (TPSA) is 96.6 Å². The van der Waals surface area contributed by atoms with Crippen molar-refractivity contribution in [1.82, 2.24) is 15.1 Å². The molecule has 0 aliphatic heterocycles. The molecule has 42 heavy (non-hydrogen) atoms. The number of carbonyl (C=O) groups is 2. The summed E-state index contributed by atoms with van der Waals surface area (Å²) in [5, 5.41) is 16.4. The zero-order valence-corrected chi connectivity index (χ0v) is 24.9. The number of rotatable bonds is 11. The zero-order valence-electron chi connectivity index (χ0n) is 24.9. The van der Waals surface area contributed by atoms with E-state index < -0.39 is 5.97 Å². The molecule has 0 spiro atoms. The van der Waals surface area contributed by atoms with Gasteiger partial charge in [-0.05, 0) is 83.2 Å². The van der Waals surface area contributed by atoms with E-state index in [1.807, 2.05) is 25.5 Å². The van der Waals surface area contributed by atoms with Gasteiger partial charge in [0.1, 0.15) is 0 Å². The molecule has 0 saturated heterocycles. The van der Waals surface area contributed by atoms with Crippen LogP contribution < -0.4 is 5.32 Å². The number of aromatic carboxylic acids is 1. The lowest BCUT2D eigenvalue weighted by Gasteiger charge is -2.20. The molecule has 2 atom stereocenters. The molecule has 1 heterocycles. The second kappa shape index (κ2) is 13.9. The average Bonchev–Trinajstić information content (AvgIpc) is 3.33. The van der Waals surface area contributed by atoms with Crippen molar-refractivity contribution in [2.24, 2.45) is 18.0 Å². The maximum Gasteiger partial charge on any atom is 0.335 e. The molecule has 1 amide bonds. The van der Waals surface area contributed by atoms with E-state index in [1.165, 1.54) is 23.3 Å². The standard InChI is InChI=1S/C35H40N4O3/c1-6-8-9-16-36-22-26(7-2)29-17-23(3)24(4)31-15-14-28(18-30(31)19-29)33-20-32(38-39(33)5)34(40)37-21-25-10-12-27(13-11-25)35(41)42/h7,10-16,18-20,22-24H,2,6,8-9,17,21H2,1,3-5H3,(H,37,40)(H,41,42)/b26-22+,36-16?. The number of fused-ring (bicyclic) bond motifs is 1. The minimum atomic E-state index is -0.982. The van der Waals surface area contributed by atoms with Gasteiger partial charge in [-0.15, -0.1) is 0 Å². The summed E-state index contributed by atoms with van der Waals surface area (Å²) in [7, 11) is 1.84. The number of carboxylic acid groups (broad SMARTS) is 1. The third kappa shape index (κ3) is 7.21. The van der Waals surface area contributed by atoms with Crippen molar-refractivity contribution >= 4 is 24.2 Å². The number of carbonyl (C=O) groups excluding carboxylic acids is 1. The highest BCUT2D eigenvalue weighted by Crippen LogP contribution is 2.39. The fourth-order valence-electron chi connectivity index (χ4n) is 5.21. The first-order valence-corrected chi connectivity index (χ1v) is 14.6. The van der Waals surface area contributed by atoms with Crippen molar-refractivity contribution < 1.29 is 14.7 Å². The van der Waals surface area contributed by atoms with Crippen LogP contribution in [-0.4, -0.2) is 33.0 Å². The fraction of sp³-hybridized carbons (Fsp3) is 0.314. The second-order valence-electron chi connectivity index (χ2n) is 11.0. The summed E-state index contributed by atoms with van der Waals surface area (Å²) >= 11 is 0. The normalized spacial score (nSPS) is 17.0. The molecule has 218 valence electrons. The van der Waals surface area contributed by atoms with Crippen LogP contribution >= 0.6 is 0 Å². The Morgan fingerprint density at radius 2 is 1.93 bits per heavy atom. The Morgan fingerprint density at radius 3 is 2.62 bits per heavy atom. The van der Waals surface area contributed by atoms with Gasteiger partial charge in [0.2, 0.25) is 0 Å². The van der Waals surface area contributed by atoms with Gasteiger partial charge in [0, 0.05) is 31.6 Å². The lowest BCUT2D eigenvalue weighted by Crippen LogP contribution is -2.23. The number of hydrogen-bond acceptors (Lipinski definition) is 4. The van der Waals surface area contributed by atoms with Crippen molar-refractivity contribution in [3.8, 4) is 11.3 Å². The van der Waals surface area contributed by atoms with E-state index in [2.05, 4.69) is 67.0 Å². The average molecular weight is 565 g/mol. The number of aromatic nitrogens is 2. The van der Waals surface area contributed by atoms with Gasteiger partial charge >= 0.3 is 5.97 Å². The molecule has 0 saturated carbocycles. The summed E-state index contributed by atoms with van der Waals surface area (Å²) in [5.41, 5.74) is 7.86.